The summed E-state index contributed by atoms with van der Waals surface area (Å²) in [6.45, 7) is 0. The molecule has 0 fully saturated rings. The molecule has 0 N–H and O–H groups in total. The molecule has 266 valence electrons. The van der Waals surface area contributed by atoms with Gasteiger partial charge in [-0.3, -0.25) is 0 Å². The van der Waals surface area contributed by atoms with Crippen LogP contribution >= 0.6 is 11.3 Å². The monoisotopic (exact) mass is 745 g/mol. The fraction of sp³-hybridized carbons (Fsp3) is 0. The summed E-state index contributed by atoms with van der Waals surface area (Å²) < 4.78 is 11.6. The lowest BCUT2D eigenvalue weighted by Crippen LogP contribution is -1.97. The van der Waals surface area contributed by atoms with E-state index >= 15 is 0 Å². The Morgan fingerprint density at radius 2 is 1.09 bits per heavy atom. The highest BCUT2D eigenvalue weighted by molar-refractivity contribution is 7.26. The lowest BCUT2D eigenvalue weighted by Gasteiger charge is -2.13. The molecule has 57 heavy (non-hydrogen) atoms. The highest BCUT2D eigenvalue weighted by Gasteiger charge is 2.22. The lowest BCUT2D eigenvalue weighted by molar-refractivity contribution is 0.670. The summed E-state index contributed by atoms with van der Waals surface area (Å²) in [7, 11) is 0. The minimum absolute atomic E-state index is 0.701. The number of rotatable bonds is 5. The number of thiophene rings is 1. The van der Waals surface area contributed by atoms with Gasteiger partial charge in [-0.2, -0.15) is 0 Å². The second-order valence-electron chi connectivity index (χ2n) is 14.5. The first-order valence-electron chi connectivity index (χ1n) is 19.2. The lowest BCUT2D eigenvalue weighted by atomic mass is 9.99. The first-order chi connectivity index (χ1) is 28.3. The van der Waals surface area contributed by atoms with Crippen molar-refractivity contribution in [2.45, 2.75) is 0 Å². The van der Waals surface area contributed by atoms with Crippen LogP contribution in [0.5, 0.6) is 0 Å². The Bertz CT molecular complexity index is 3470. The maximum atomic E-state index is 6.67. The van der Waals surface area contributed by atoms with Gasteiger partial charge >= 0.3 is 0 Å². The maximum Gasteiger partial charge on any atom is 0.160 e. The fourth-order valence-electron chi connectivity index (χ4n) is 8.67. The number of fused-ring (bicyclic) bond motifs is 9. The van der Waals surface area contributed by atoms with Gasteiger partial charge in [0.05, 0.1) is 22.4 Å². The molecule has 8 aromatic carbocycles. The van der Waals surface area contributed by atoms with Crippen molar-refractivity contribution in [3.63, 3.8) is 0 Å². The summed E-state index contributed by atoms with van der Waals surface area (Å²) >= 11 is 1.85. The van der Waals surface area contributed by atoms with Gasteiger partial charge in [-0.1, -0.05) is 146 Å². The number of nitrogens with zero attached hydrogens (tertiary/aromatic N) is 3. The second kappa shape index (κ2) is 12.6. The number of hydrogen-bond acceptors (Lipinski definition) is 4. The zero-order valence-electron chi connectivity index (χ0n) is 30.6. The van der Waals surface area contributed by atoms with E-state index in [1.165, 1.54) is 25.6 Å². The molecule has 0 aliphatic carbocycles. The molecule has 0 atom stereocenters. The number of benzene rings is 8. The van der Waals surface area contributed by atoms with Crippen molar-refractivity contribution in [1.29, 1.82) is 0 Å². The number of furan rings is 1. The molecule has 0 amide bonds. The molecule has 0 radical (unpaired) electrons. The van der Waals surface area contributed by atoms with Gasteiger partial charge < -0.3 is 8.98 Å². The highest BCUT2D eigenvalue weighted by Crippen LogP contribution is 2.46. The van der Waals surface area contributed by atoms with E-state index in [1.54, 1.807) is 0 Å². The Balaban J connectivity index is 1.15. The largest absolute Gasteiger partial charge is 0.455 e. The van der Waals surface area contributed by atoms with Crippen molar-refractivity contribution in [2.24, 2.45) is 0 Å². The average Bonchev–Trinajstić information content (AvgIpc) is 3.96. The smallest absolute Gasteiger partial charge is 0.160 e. The van der Waals surface area contributed by atoms with E-state index in [-0.39, 0.29) is 0 Å². The molecule has 4 aromatic heterocycles. The molecule has 0 bridgehead atoms. The van der Waals surface area contributed by atoms with Crippen LogP contribution in [0, 0.1) is 0 Å². The molecule has 0 spiro atoms. The Labute approximate surface area is 331 Å². The molecule has 0 saturated carbocycles. The number of hydrogen-bond donors (Lipinski definition) is 0. The Kier molecular flexibility index (Phi) is 7.06. The third-order valence-corrected chi connectivity index (χ3v) is 12.4. The third-order valence-electron chi connectivity index (χ3n) is 11.2. The van der Waals surface area contributed by atoms with Crippen LogP contribution in [0.2, 0.25) is 0 Å². The Hall–Kier alpha value is -7.34. The minimum Gasteiger partial charge on any atom is -0.455 e. The molecule has 4 heterocycles. The second-order valence-corrected chi connectivity index (χ2v) is 15.5. The van der Waals surface area contributed by atoms with E-state index in [0.717, 1.165) is 83.3 Å². The van der Waals surface area contributed by atoms with Gasteiger partial charge in [-0.05, 0) is 42.5 Å². The van der Waals surface area contributed by atoms with Crippen LogP contribution in [-0.4, -0.2) is 14.5 Å². The predicted octanol–water partition coefficient (Wildman–Crippen LogP) is 14.5. The van der Waals surface area contributed by atoms with Gasteiger partial charge in [0.25, 0.3) is 0 Å². The minimum atomic E-state index is 0.701. The summed E-state index contributed by atoms with van der Waals surface area (Å²) in [5.41, 5.74) is 12.3. The van der Waals surface area contributed by atoms with Gasteiger partial charge in [0, 0.05) is 75.2 Å². The van der Waals surface area contributed by atoms with Gasteiger partial charge in [0.15, 0.2) is 5.82 Å². The van der Waals surface area contributed by atoms with Crippen LogP contribution in [-0.2, 0) is 0 Å². The van der Waals surface area contributed by atoms with Crippen LogP contribution in [0.4, 0.5) is 0 Å². The zero-order valence-corrected chi connectivity index (χ0v) is 31.4. The highest BCUT2D eigenvalue weighted by atomic mass is 32.1. The standard InChI is InChI=1S/C52H31N3OS/c1-3-15-32(16-4-1)43-31-44(54-52(53-43)33-17-5-2-6-18-33)39-24-14-26-46-49(39)40-21-7-10-25-45(40)55(46)34-29-41-36-20-9-12-28-48(36)57-51(41)42(30-34)38-23-13-22-37-35-19-8-11-27-47(35)56-50(37)38/h1-31H. The van der Waals surface area contributed by atoms with Crippen LogP contribution in [0.3, 0.4) is 0 Å². The fourth-order valence-corrected chi connectivity index (χ4v) is 9.88. The molecular formula is C52H31N3OS. The van der Waals surface area contributed by atoms with Crippen molar-refractivity contribution in [3.05, 3.63) is 188 Å². The summed E-state index contributed by atoms with van der Waals surface area (Å²) in [6, 6.07) is 66.5. The first-order valence-corrected chi connectivity index (χ1v) is 20.0. The quantitative estimate of drug-likeness (QED) is 0.176. The van der Waals surface area contributed by atoms with Gasteiger partial charge in [0.2, 0.25) is 0 Å². The molecule has 0 saturated heterocycles. The van der Waals surface area contributed by atoms with Crippen LogP contribution in [0.25, 0.3) is 115 Å². The molecule has 4 nitrogen and oxygen atoms in total. The molecule has 0 aliphatic rings. The number of para-hydroxylation sites is 3. The Morgan fingerprint density at radius 3 is 1.95 bits per heavy atom. The number of aromatic nitrogens is 3. The van der Waals surface area contributed by atoms with Crippen LogP contribution in [0.1, 0.15) is 0 Å². The molecule has 12 aromatic rings. The van der Waals surface area contributed by atoms with Crippen molar-refractivity contribution >= 4 is 75.3 Å². The summed E-state index contributed by atoms with van der Waals surface area (Å²) in [5, 5.41) is 7.06. The van der Waals surface area contributed by atoms with E-state index in [0.29, 0.717) is 5.82 Å². The maximum absolute atomic E-state index is 6.67. The molecule has 0 unspecified atom stereocenters. The van der Waals surface area contributed by atoms with Gasteiger partial charge in [-0.25, -0.2) is 9.97 Å². The van der Waals surface area contributed by atoms with E-state index in [1.807, 2.05) is 41.7 Å². The van der Waals surface area contributed by atoms with Crippen molar-refractivity contribution in [2.75, 3.05) is 0 Å². The van der Waals surface area contributed by atoms with Crippen molar-refractivity contribution in [3.8, 4) is 50.7 Å². The SMILES string of the molecule is c1ccc(-c2cc(-c3cccc4c3c3ccccc3n4-c3cc(-c4cccc5c4oc4ccccc45)c4sc5ccccc5c4c3)nc(-c3ccccc3)n2)cc1. The third kappa shape index (κ3) is 4.99. The molecule has 0 aliphatic heterocycles. The molecule has 5 heteroatoms. The van der Waals surface area contributed by atoms with Crippen LogP contribution in [0.15, 0.2) is 192 Å². The normalized spacial score (nSPS) is 11.9. The van der Waals surface area contributed by atoms with Crippen LogP contribution < -0.4 is 0 Å². The summed E-state index contributed by atoms with van der Waals surface area (Å²) in [6.07, 6.45) is 0. The summed E-state index contributed by atoms with van der Waals surface area (Å²) in [4.78, 5) is 10.4. The zero-order chi connectivity index (χ0) is 37.5. The van der Waals surface area contributed by atoms with Gasteiger partial charge in [-0.15, -0.1) is 11.3 Å². The topological polar surface area (TPSA) is 43.9 Å². The average molecular weight is 746 g/mol. The predicted molar refractivity (Wildman–Crippen MR) is 238 cm³/mol. The van der Waals surface area contributed by atoms with Gasteiger partial charge in [0.1, 0.15) is 11.2 Å². The van der Waals surface area contributed by atoms with Crippen molar-refractivity contribution in [1.82, 2.24) is 14.5 Å². The summed E-state index contributed by atoms with van der Waals surface area (Å²) in [5.74, 6) is 0.701. The molecule has 12 rings (SSSR count). The van der Waals surface area contributed by atoms with Crippen molar-refractivity contribution < 1.29 is 4.42 Å². The van der Waals surface area contributed by atoms with E-state index < -0.39 is 0 Å². The van der Waals surface area contributed by atoms with E-state index in [2.05, 4.69) is 162 Å². The van der Waals surface area contributed by atoms with E-state index in [4.69, 9.17) is 14.4 Å². The molecular weight excluding hydrogens is 715 g/mol. The Morgan fingerprint density at radius 1 is 0.439 bits per heavy atom. The first kappa shape index (κ1) is 32.0. The van der Waals surface area contributed by atoms with E-state index in [9.17, 15) is 0 Å².